The normalized spacial score (nSPS) is 44.1. The number of ketones is 1. The topological polar surface area (TPSA) is 69.7 Å². The van der Waals surface area contributed by atoms with Crippen LogP contribution < -0.4 is 0 Å². The summed E-state index contributed by atoms with van der Waals surface area (Å²) in [4.78, 5) is 36.2. The highest BCUT2D eigenvalue weighted by Gasteiger charge is 2.64. The van der Waals surface area contributed by atoms with Gasteiger partial charge in [0.25, 0.3) is 0 Å². The molecule has 5 heteroatoms. The fourth-order valence-electron chi connectivity index (χ4n) is 8.97. The SMILES string of the molecule is COC(=O)CC[C@@H](C)[C@@H]1CC[C@@H]2[C@H]3CC[C@H]4CC(=O)CC[C@]4(C)[C@@H]3C[C@@H](OC(C)=O)[C@@]21C. The fraction of sp³-hybridized carbons (Fsp3) is 0.889. The lowest BCUT2D eigenvalue weighted by molar-refractivity contribution is -0.193. The van der Waals surface area contributed by atoms with Crippen molar-refractivity contribution in [1.29, 1.82) is 0 Å². The number of carbonyl (C=O) groups is 3. The standard InChI is InChI=1S/C27H42O5/c1-16(6-11-25(30)31-5)21-9-10-22-20-8-7-18-14-19(29)12-13-26(18,3)23(20)15-24(27(21,22)4)32-17(2)28/h16,18,20-24H,6-15H2,1-5H3/t16-,18+,20-,21+,22-,23-,24-,26+,27-/m1/s1. The Hall–Kier alpha value is -1.39. The molecule has 0 saturated heterocycles. The molecule has 0 N–H and O–H groups in total. The summed E-state index contributed by atoms with van der Waals surface area (Å²) in [6.45, 7) is 8.62. The van der Waals surface area contributed by atoms with Crippen LogP contribution in [-0.2, 0) is 23.9 Å². The molecule has 0 aliphatic heterocycles. The number of Topliss-reactive ketones (excluding diaryl/α,β-unsaturated/α-hetero) is 1. The Morgan fingerprint density at radius 1 is 1.12 bits per heavy atom. The lowest BCUT2D eigenvalue weighted by atomic mass is 9.43. The molecule has 0 heterocycles. The van der Waals surface area contributed by atoms with E-state index in [2.05, 4.69) is 20.8 Å². The zero-order valence-corrected chi connectivity index (χ0v) is 20.7. The molecule has 0 radical (unpaired) electrons. The minimum absolute atomic E-state index is 0.0456. The third-order valence-electron chi connectivity index (χ3n) is 10.7. The summed E-state index contributed by atoms with van der Waals surface area (Å²) in [6, 6.07) is 0. The molecule has 4 fully saturated rings. The maximum Gasteiger partial charge on any atom is 0.305 e. The summed E-state index contributed by atoms with van der Waals surface area (Å²) in [5.41, 5.74) is 0.140. The second-order valence-electron chi connectivity index (χ2n) is 11.9. The molecule has 0 aromatic rings. The predicted molar refractivity (Wildman–Crippen MR) is 122 cm³/mol. The van der Waals surface area contributed by atoms with Gasteiger partial charge in [-0.05, 0) is 85.9 Å². The van der Waals surface area contributed by atoms with Crippen LogP contribution in [0.3, 0.4) is 0 Å². The van der Waals surface area contributed by atoms with E-state index in [9.17, 15) is 14.4 Å². The molecule has 5 nitrogen and oxygen atoms in total. The second-order valence-corrected chi connectivity index (χ2v) is 11.9. The van der Waals surface area contributed by atoms with Crippen LogP contribution in [-0.4, -0.2) is 30.9 Å². The minimum atomic E-state index is -0.183. The number of methoxy groups -OCH3 is 1. The molecule has 4 aliphatic carbocycles. The van der Waals surface area contributed by atoms with Crippen LogP contribution in [0.25, 0.3) is 0 Å². The van der Waals surface area contributed by atoms with Gasteiger partial charge in [0.2, 0.25) is 0 Å². The van der Waals surface area contributed by atoms with Crippen molar-refractivity contribution in [2.24, 2.45) is 46.3 Å². The van der Waals surface area contributed by atoms with Crippen LogP contribution in [0.2, 0.25) is 0 Å². The Morgan fingerprint density at radius 2 is 1.88 bits per heavy atom. The van der Waals surface area contributed by atoms with E-state index in [4.69, 9.17) is 9.47 Å². The van der Waals surface area contributed by atoms with Crippen molar-refractivity contribution < 1.29 is 23.9 Å². The molecule has 180 valence electrons. The summed E-state index contributed by atoms with van der Waals surface area (Å²) in [7, 11) is 1.45. The first-order valence-corrected chi connectivity index (χ1v) is 12.9. The van der Waals surface area contributed by atoms with E-state index in [-0.39, 0.29) is 28.9 Å². The average molecular weight is 447 g/mol. The third kappa shape index (κ3) is 3.81. The van der Waals surface area contributed by atoms with Crippen LogP contribution in [0.15, 0.2) is 0 Å². The molecular weight excluding hydrogens is 404 g/mol. The molecule has 0 spiro atoms. The van der Waals surface area contributed by atoms with Crippen LogP contribution in [0.5, 0.6) is 0 Å². The van der Waals surface area contributed by atoms with Crippen molar-refractivity contribution in [3.8, 4) is 0 Å². The highest BCUT2D eigenvalue weighted by Crippen LogP contribution is 2.68. The van der Waals surface area contributed by atoms with Crippen molar-refractivity contribution in [3.63, 3.8) is 0 Å². The monoisotopic (exact) mass is 446 g/mol. The summed E-state index contributed by atoms with van der Waals surface area (Å²) in [5.74, 6) is 3.16. The second kappa shape index (κ2) is 8.76. The largest absolute Gasteiger partial charge is 0.469 e. The van der Waals surface area contributed by atoms with Gasteiger partial charge in [-0.1, -0.05) is 20.8 Å². The van der Waals surface area contributed by atoms with Gasteiger partial charge in [0.1, 0.15) is 11.9 Å². The summed E-state index contributed by atoms with van der Waals surface area (Å²) < 4.78 is 11.0. The molecule has 0 unspecified atom stereocenters. The number of ether oxygens (including phenoxy) is 2. The molecule has 0 aromatic carbocycles. The van der Waals surface area contributed by atoms with E-state index in [1.807, 2.05) is 0 Å². The van der Waals surface area contributed by atoms with Crippen molar-refractivity contribution in [2.75, 3.05) is 7.11 Å². The van der Waals surface area contributed by atoms with E-state index in [0.717, 1.165) is 38.5 Å². The lowest BCUT2D eigenvalue weighted by Gasteiger charge is -2.62. The smallest absolute Gasteiger partial charge is 0.305 e. The van der Waals surface area contributed by atoms with Crippen molar-refractivity contribution in [3.05, 3.63) is 0 Å². The quantitative estimate of drug-likeness (QED) is 0.533. The molecule has 0 amide bonds. The Morgan fingerprint density at radius 3 is 2.56 bits per heavy atom. The summed E-state index contributed by atoms with van der Waals surface area (Å²) in [6.07, 6.45) is 9.27. The molecule has 0 aromatic heterocycles. The van der Waals surface area contributed by atoms with E-state index < -0.39 is 0 Å². The predicted octanol–water partition coefficient (Wildman–Crippen LogP) is 5.35. The zero-order chi connectivity index (χ0) is 23.3. The molecule has 9 atom stereocenters. The zero-order valence-electron chi connectivity index (χ0n) is 20.7. The average Bonchev–Trinajstić information content (AvgIpc) is 3.11. The molecule has 0 bridgehead atoms. The first-order chi connectivity index (χ1) is 15.1. The van der Waals surface area contributed by atoms with Gasteiger partial charge in [-0.2, -0.15) is 0 Å². The van der Waals surface area contributed by atoms with Gasteiger partial charge < -0.3 is 9.47 Å². The van der Waals surface area contributed by atoms with Crippen LogP contribution in [0.4, 0.5) is 0 Å². The van der Waals surface area contributed by atoms with Gasteiger partial charge in [-0.3, -0.25) is 14.4 Å². The highest BCUT2D eigenvalue weighted by molar-refractivity contribution is 5.79. The maximum atomic E-state index is 12.2. The van der Waals surface area contributed by atoms with Gasteiger partial charge in [0, 0.05) is 31.6 Å². The van der Waals surface area contributed by atoms with E-state index >= 15 is 0 Å². The van der Waals surface area contributed by atoms with E-state index in [0.29, 0.717) is 54.1 Å². The first-order valence-electron chi connectivity index (χ1n) is 12.9. The maximum absolute atomic E-state index is 12.2. The van der Waals surface area contributed by atoms with Crippen LogP contribution in [0, 0.1) is 46.3 Å². The fourth-order valence-corrected chi connectivity index (χ4v) is 8.97. The summed E-state index contributed by atoms with van der Waals surface area (Å²) >= 11 is 0. The molecule has 32 heavy (non-hydrogen) atoms. The first kappa shape index (κ1) is 23.8. The molecule has 4 rings (SSSR count). The van der Waals surface area contributed by atoms with Crippen LogP contribution >= 0.6 is 0 Å². The van der Waals surface area contributed by atoms with Crippen LogP contribution in [0.1, 0.15) is 91.9 Å². The number of esters is 2. The van der Waals surface area contributed by atoms with Gasteiger partial charge in [-0.25, -0.2) is 0 Å². The number of fused-ring (bicyclic) bond motifs is 5. The Balaban J connectivity index is 1.62. The van der Waals surface area contributed by atoms with E-state index in [1.165, 1.54) is 20.0 Å². The lowest BCUT2D eigenvalue weighted by Crippen LogP contribution is -2.59. The number of rotatable bonds is 5. The van der Waals surface area contributed by atoms with Gasteiger partial charge >= 0.3 is 11.9 Å². The number of carbonyl (C=O) groups excluding carboxylic acids is 3. The van der Waals surface area contributed by atoms with Crippen molar-refractivity contribution >= 4 is 17.7 Å². The Kier molecular flexibility index (Phi) is 6.50. The molecule has 4 aliphatic rings. The van der Waals surface area contributed by atoms with Crippen molar-refractivity contribution in [1.82, 2.24) is 0 Å². The van der Waals surface area contributed by atoms with Gasteiger partial charge in [0.15, 0.2) is 0 Å². The molecular formula is C27H42O5. The van der Waals surface area contributed by atoms with Crippen molar-refractivity contribution in [2.45, 2.75) is 98.0 Å². The van der Waals surface area contributed by atoms with Gasteiger partial charge in [-0.15, -0.1) is 0 Å². The number of hydrogen-bond donors (Lipinski definition) is 0. The Bertz CT molecular complexity index is 761. The minimum Gasteiger partial charge on any atom is -0.469 e. The molecule has 4 saturated carbocycles. The van der Waals surface area contributed by atoms with Gasteiger partial charge in [0.05, 0.1) is 7.11 Å². The highest BCUT2D eigenvalue weighted by atomic mass is 16.5. The number of hydrogen-bond acceptors (Lipinski definition) is 5. The Labute approximate surface area is 193 Å². The van der Waals surface area contributed by atoms with E-state index in [1.54, 1.807) is 6.92 Å². The summed E-state index contributed by atoms with van der Waals surface area (Å²) in [5, 5.41) is 0. The third-order valence-corrected chi connectivity index (χ3v) is 10.7.